The van der Waals surface area contributed by atoms with E-state index < -0.39 is 42.3 Å². The summed E-state index contributed by atoms with van der Waals surface area (Å²) in [5.41, 5.74) is -0.842. The molecule has 0 radical (unpaired) electrons. The molecule has 0 saturated heterocycles. The summed E-state index contributed by atoms with van der Waals surface area (Å²) in [4.78, 5) is 11.6. The number of aliphatic hydroxyl groups excluding tert-OH is 2. The summed E-state index contributed by atoms with van der Waals surface area (Å²) in [6.07, 6.45) is -8.96. The van der Waals surface area contributed by atoms with E-state index in [4.69, 9.17) is 4.74 Å². The summed E-state index contributed by atoms with van der Waals surface area (Å²) in [5.74, 6) is -0.990. The third kappa shape index (κ3) is 5.87. The van der Waals surface area contributed by atoms with Crippen LogP contribution in [0.4, 0.5) is 18.0 Å². The first-order valence-corrected chi connectivity index (χ1v) is 7.89. The summed E-state index contributed by atoms with van der Waals surface area (Å²) >= 11 is 0. The molecule has 0 fully saturated rings. The largest absolute Gasteiger partial charge is 0.507 e. The van der Waals surface area contributed by atoms with Gasteiger partial charge in [0.1, 0.15) is 24.6 Å². The second kappa shape index (κ2) is 8.74. The van der Waals surface area contributed by atoms with Gasteiger partial charge in [-0.25, -0.2) is 4.79 Å². The van der Waals surface area contributed by atoms with Crippen LogP contribution >= 0.6 is 0 Å². The van der Waals surface area contributed by atoms with Crippen molar-refractivity contribution in [1.29, 1.82) is 0 Å². The van der Waals surface area contributed by atoms with Crippen LogP contribution in [0.15, 0.2) is 48.5 Å². The zero-order valence-electron chi connectivity index (χ0n) is 14.0. The van der Waals surface area contributed by atoms with Crippen LogP contribution in [-0.2, 0) is 17.5 Å². The van der Waals surface area contributed by atoms with Crippen molar-refractivity contribution in [2.45, 2.75) is 25.0 Å². The van der Waals surface area contributed by atoms with Gasteiger partial charge in [-0.05, 0) is 23.3 Å². The molecule has 0 bridgehead atoms. The predicted molar refractivity (Wildman–Crippen MR) is 88.7 cm³/mol. The van der Waals surface area contributed by atoms with Crippen molar-refractivity contribution in [3.63, 3.8) is 0 Å². The molecule has 2 rings (SSSR count). The second-order valence-electron chi connectivity index (χ2n) is 5.73. The highest BCUT2D eigenvalue weighted by Gasteiger charge is 2.35. The molecule has 146 valence electrons. The fourth-order valence-electron chi connectivity index (χ4n) is 2.26. The molecule has 0 aliphatic carbocycles. The molecule has 0 saturated carbocycles. The van der Waals surface area contributed by atoms with Gasteiger partial charge in [-0.1, -0.05) is 36.4 Å². The first-order chi connectivity index (χ1) is 12.7. The third-order valence-electron chi connectivity index (χ3n) is 3.70. The number of alkyl carbamates (subject to hydrolysis) is 1. The van der Waals surface area contributed by atoms with Crippen LogP contribution < -0.4 is 5.32 Å². The van der Waals surface area contributed by atoms with Crippen LogP contribution in [0.1, 0.15) is 22.8 Å². The minimum atomic E-state index is -4.82. The van der Waals surface area contributed by atoms with Crippen LogP contribution in [0.2, 0.25) is 0 Å². The molecule has 0 aliphatic heterocycles. The summed E-state index contributed by atoms with van der Waals surface area (Å²) in [5, 5.41) is 31.4. The molecule has 2 aromatic rings. The maximum absolute atomic E-state index is 12.8. The predicted octanol–water partition coefficient (Wildman–Crippen LogP) is 2.73. The number of nitrogens with one attached hydrogen (secondary N) is 1. The number of phenolic OH excluding ortho intramolecular Hbond substituents is 1. The van der Waals surface area contributed by atoms with Crippen molar-refractivity contribution in [2.75, 3.05) is 6.54 Å². The van der Waals surface area contributed by atoms with Gasteiger partial charge in [0.05, 0.1) is 5.56 Å². The Bertz CT molecular complexity index is 767. The maximum Gasteiger partial charge on any atom is 0.419 e. The van der Waals surface area contributed by atoms with Gasteiger partial charge in [0.15, 0.2) is 0 Å². The molecular formula is C18H18F3NO5. The number of aromatic hydroxyl groups is 1. The Kier molecular flexibility index (Phi) is 6.65. The topological polar surface area (TPSA) is 99.0 Å². The number of ether oxygens (including phenoxy) is 1. The average Bonchev–Trinajstić information content (AvgIpc) is 2.64. The van der Waals surface area contributed by atoms with Crippen LogP contribution in [0, 0.1) is 0 Å². The smallest absolute Gasteiger partial charge is 0.419 e. The Balaban J connectivity index is 1.90. The Hall–Kier alpha value is -2.78. The van der Waals surface area contributed by atoms with Crippen LogP contribution in [0.25, 0.3) is 0 Å². The highest BCUT2D eigenvalue weighted by Crippen LogP contribution is 2.37. The van der Waals surface area contributed by atoms with Crippen molar-refractivity contribution in [3.05, 3.63) is 65.2 Å². The van der Waals surface area contributed by atoms with E-state index in [0.717, 1.165) is 17.7 Å². The van der Waals surface area contributed by atoms with E-state index in [1.165, 1.54) is 0 Å². The Morgan fingerprint density at radius 2 is 1.78 bits per heavy atom. The minimum Gasteiger partial charge on any atom is -0.507 e. The molecular weight excluding hydrogens is 367 g/mol. The van der Waals surface area contributed by atoms with Gasteiger partial charge in [0.2, 0.25) is 0 Å². The summed E-state index contributed by atoms with van der Waals surface area (Å²) < 4.78 is 43.3. The second-order valence-corrected chi connectivity index (χ2v) is 5.73. The molecule has 4 N–H and O–H groups in total. The lowest BCUT2D eigenvalue weighted by Gasteiger charge is -2.20. The standard InChI is InChI=1S/C18H18F3NO5/c19-18(20,21)13-8-12(6-7-14(13)23)16(25)15(24)9-22-17(26)27-10-11-4-2-1-3-5-11/h1-8,15-16,23-25H,9-10H2,(H,22,26). The number of carbonyl (C=O) groups is 1. The number of rotatable bonds is 6. The first-order valence-electron chi connectivity index (χ1n) is 7.89. The fraction of sp³-hybridized carbons (Fsp3) is 0.278. The van der Waals surface area contributed by atoms with E-state index in [1.807, 2.05) is 0 Å². The van der Waals surface area contributed by atoms with Crippen molar-refractivity contribution in [3.8, 4) is 5.75 Å². The zero-order chi connectivity index (χ0) is 20.0. The lowest BCUT2D eigenvalue weighted by Crippen LogP contribution is -2.35. The molecule has 0 heterocycles. The maximum atomic E-state index is 12.8. The number of amides is 1. The Morgan fingerprint density at radius 1 is 1.11 bits per heavy atom. The molecule has 2 aromatic carbocycles. The van der Waals surface area contributed by atoms with Gasteiger partial charge in [-0.15, -0.1) is 0 Å². The highest BCUT2D eigenvalue weighted by atomic mass is 19.4. The number of alkyl halides is 3. The molecule has 2 atom stereocenters. The molecule has 6 nitrogen and oxygen atoms in total. The monoisotopic (exact) mass is 385 g/mol. The number of hydrogen-bond donors (Lipinski definition) is 4. The van der Waals surface area contributed by atoms with Gasteiger partial charge < -0.3 is 25.4 Å². The molecule has 0 aromatic heterocycles. The van der Waals surface area contributed by atoms with Gasteiger partial charge in [0, 0.05) is 6.54 Å². The van der Waals surface area contributed by atoms with Gasteiger partial charge in [-0.3, -0.25) is 0 Å². The van der Waals surface area contributed by atoms with Gasteiger partial charge in [-0.2, -0.15) is 13.2 Å². The van der Waals surface area contributed by atoms with E-state index in [9.17, 15) is 33.3 Å². The molecule has 27 heavy (non-hydrogen) atoms. The van der Waals surface area contributed by atoms with E-state index in [0.29, 0.717) is 6.07 Å². The van der Waals surface area contributed by atoms with Gasteiger partial charge >= 0.3 is 12.3 Å². The van der Waals surface area contributed by atoms with E-state index in [-0.39, 0.29) is 12.2 Å². The normalized spacial score (nSPS) is 13.7. The van der Waals surface area contributed by atoms with Crippen molar-refractivity contribution >= 4 is 6.09 Å². The summed E-state index contributed by atoms with van der Waals surface area (Å²) in [6, 6.07) is 11.2. The van der Waals surface area contributed by atoms with E-state index in [2.05, 4.69) is 5.32 Å². The summed E-state index contributed by atoms with van der Waals surface area (Å²) in [6.45, 7) is -0.449. The fourth-order valence-corrected chi connectivity index (χ4v) is 2.26. The lowest BCUT2D eigenvalue weighted by molar-refractivity contribution is -0.138. The average molecular weight is 385 g/mol. The van der Waals surface area contributed by atoms with Crippen molar-refractivity contribution in [2.24, 2.45) is 0 Å². The van der Waals surface area contributed by atoms with E-state index >= 15 is 0 Å². The SMILES string of the molecule is O=C(NCC(O)C(O)c1ccc(O)c(C(F)(F)F)c1)OCc1ccccc1. The van der Waals surface area contributed by atoms with Crippen LogP contribution in [-0.4, -0.2) is 34.1 Å². The number of carbonyl (C=O) groups excluding carboxylic acids is 1. The number of aliphatic hydroxyl groups is 2. The van der Waals surface area contributed by atoms with Crippen molar-refractivity contribution in [1.82, 2.24) is 5.32 Å². The van der Waals surface area contributed by atoms with E-state index in [1.54, 1.807) is 30.3 Å². The molecule has 0 aliphatic rings. The quantitative estimate of drug-likeness (QED) is 0.613. The lowest BCUT2D eigenvalue weighted by atomic mass is 10.0. The van der Waals surface area contributed by atoms with Gasteiger partial charge in [0.25, 0.3) is 0 Å². The number of benzene rings is 2. The molecule has 2 unspecified atom stereocenters. The van der Waals surface area contributed by atoms with Crippen LogP contribution in [0.5, 0.6) is 5.75 Å². The number of hydrogen-bond acceptors (Lipinski definition) is 5. The Morgan fingerprint density at radius 3 is 2.41 bits per heavy atom. The number of phenols is 1. The molecule has 1 amide bonds. The molecule has 0 spiro atoms. The Labute approximate surface area is 152 Å². The third-order valence-corrected chi connectivity index (χ3v) is 3.70. The van der Waals surface area contributed by atoms with Crippen LogP contribution in [0.3, 0.4) is 0 Å². The molecule has 9 heteroatoms. The zero-order valence-corrected chi connectivity index (χ0v) is 14.0. The first kappa shape index (κ1) is 20.5. The summed E-state index contributed by atoms with van der Waals surface area (Å²) in [7, 11) is 0. The highest BCUT2D eigenvalue weighted by molar-refractivity contribution is 5.67. The van der Waals surface area contributed by atoms with Crippen molar-refractivity contribution < 1.29 is 38.0 Å². The minimum absolute atomic E-state index is 0.00176. The number of halogens is 3.